The molecule has 2 unspecified atom stereocenters. The largest absolute Gasteiger partial charge is 0.373 e. The molecule has 0 aliphatic rings. The molecule has 0 fully saturated rings. The monoisotopic (exact) mass is 241 g/mol. The highest BCUT2D eigenvalue weighted by molar-refractivity contribution is 4.94. The second kappa shape index (κ2) is 6.71. The number of rotatable bonds is 7. The Morgan fingerprint density at radius 3 is 2.65 bits per heavy atom. The fourth-order valence-electron chi connectivity index (χ4n) is 1.84. The van der Waals surface area contributed by atoms with Crippen LogP contribution in [0.15, 0.2) is 4.52 Å². The maximum Gasteiger partial charge on any atom is 0.228 e. The summed E-state index contributed by atoms with van der Waals surface area (Å²) in [6, 6.07) is 0.0911. The lowest BCUT2D eigenvalue weighted by atomic mass is 10.1. The minimum atomic E-state index is -0.116. The molecule has 0 aromatic carbocycles. The molecular weight excluding hydrogens is 218 g/mol. The topological polar surface area (TPSA) is 74.2 Å². The lowest BCUT2D eigenvalue weighted by molar-refractivity contribution is 0.0555. The Bertz CT molecular complexity index is 325. The van der Waals surface area contributed by atoms with Gasteiger partial charge in [-0.2, -0.15) is 4.98 Å². The Labute approximate surface area is 103 Å². The predicted octanol–water partition coefficient (Wildman–Crippen LogP) is 2.08. The van der Waals surface area contributed by atoms with E-state index in [0.717, 1.165) is 12.8 Å². The normalized spacial score (nSPS) is 15.2. The number of hydrogen-bond donors (Lipinski definition) is 1. The van der Waals surface area contributed by atoms with Crippen molar-refractivity contribution >= 4 is 0 Å². The van der Waals surface area contributed by atoms with Crippen molar-refractivity contribution in [3.8, 4) is 0 Å². The van der Waals surface area contributed by atoms with Gasteiger partial charge < -0.3 is 15.0 Å². The molecule has 5 heteroatoms. The fourth-order valence-corrected chi connectivity index (χ4v) is 1.84. The van der Waals surface area contributed by atoms with Gasteiger partial charge in [-0.15, -0.1) is 0 Å². The van der Waals surface area contributed by atoms with Crippen LogP contribution < -0.4 is 5.73 Å². The van der Waals surface area contributed by atoms with Crippen LogP contribution in [0, 0.1) is 5.92 Å². The quantitative estimate of drug-likeness (QED) is 0.791. The van der Waals surface area contributed by atoms with Gasteiger partial charge in [0.05, 0.1) is 0 Å². The van der Waals surface area contributed by atoms with Crippen molar-refractivity contribution in [2.24, 2.45) is 11.7 Å². The van der Waals surface area contributed by atoms with Crippen molar-refractivity contribution in [2.45, 2.75) is 52.2 Å². The van der Waals surface area contributed by atoms with Crippen molar-refractivity contribution < 1.29 is 9.26 Å². The molecule has 0 radical (unpaired) electrons. The molecule has 1 aromatic heterocycles. The van der Waals surface area contributed by atoms with Crippen LogP contribution in [0.2, 0.25) is 0 Å². The summed E-state index contributed by atoms with van der Waals surface area (Å²) in [6.45, 7) is 6.23. The average molecular weight is 241 g/mol. The zero-order chi connectivity index (χ0) is 12.8. The third-order valence-electron chi connectivity index (χ3n) is 2.69. The van der Waals surface area contributed by atoms with E-state index in [1.54, 1.807) is 7.11 Å². The Morgan fingerprint density at radius 1 is 1.41 bits per heavy atom. The molecule has 1 heterocycles. The van der Waals surface area contributed by atoms with Crippen LogP contribution in [0.1, 0.15) is 51.4 Å². The summed E-state index contributed by atoms with van der Waals surface area (Å²) in [4.78, 5) is 4.34. The fraction of sp³-hybridized carbons (Fsp3) is 0.833. The molecule has 0 aliphatic heterocycles. The highest BCUT2D eigenvalue weighted by atomic mass is 16.5. The molecule has 0 aliphatic carbocycles. The van der Waals surface area contributed by atoms with Gasteiger partial charge in [-0.1, -0.05) is 32.3 Å². The second-order valence-electron chi connectivity index (χ2n) is 4.70. The first-order valence-corrected chi connectivity index (χ1v) is 6.19. The number of aromatic nitrogens is 2. The van der Waals surface area contributed by atoms with Crippen LogP contribution in [0.3, 0.4) is 0 Å². The van der Waals surface area contributed by atoms with Crippen LogP contribution in [-0.2, 0) is 11.2 Å². The standard InChI is InChI=1S/C12H23N3O2/c1-5-6-9(13)7-10-14-12(15-17-10)11(16-4)8(2)3/h8-9,11H,5-7,13H2,1-4H3. The number of nitrogens with zero attached hydrogens (tertiary/aromatic N) is 2. The van der Waals surface area contributed by atoms with Crippen molar-refractivity contribution in [1.82, 2.24) is 10.1 Å². The van der Waals surface area contributed by atoms with E-state index in [4.69, 9.17) is 15.0 Å². The third kappa shape index (κ3) is 4.09. The molecule has 2 N–H and O–H groups in total. The molecule has 1 aromatic rings. The van der Waals surface area contributed by atoms with Crippen LogP contribution in [-0.4, -0.2) is 23.3 Å². The summed E-state index contributed by atoms with van der Waals surface area (Å²) in [5.41, 5.74) is 5.93. The average Bonchev–Trinajstić information content (AvgIpc) is 2.67. The SMILES string of the molecule is CCCC(N)Cc1nc(C(OC)C(C)C)no1. The highest BCUT2D eigenvalue weighted by Gasteiger charge is 2.21. The summed E-state index contributed by atoms with van der Waals surface area (Å²) in [5.74, 6) is 1.53. The van der Waals surface area contributed by atoms with Gasteiger partial charge in [-0.25, -0.2) is 0 Å². The zero-order valence-corrected chi connectivity index (χ0v) is 11.1. The van der Waals surface area contributed by atoms with Gasteiger partial charge in [0, 0.05) is 19.6 Å². The van der Waals surface area contributed by atoms with Crippen LogP contribution >= 0.6 is 0 Å². The third-order valence-corrected chi connectivity index (χ3v) is 2.69. The van der Waals surface area contributed by atoms with Gasteiger partial charge >= 0.3 is 0 Å². The van der Waals surface area contributed by atoms with Gasteiger partial charge in [0.2, 0.25) is 11.7 Å². The van der Waals surface area contributed by atoms with Crippen molar-refractivity contribution in [3.63, 3.8) is 0 Å². The molecule has 0 bridgehead atoms. The van der Waals surface area contributed by atoms with E-state index in [9.17, 15) is 0 Å². The first-order valence-electron chi connectivity index (χ1n) is 6.19. The minimum absolute atomic E-state index is 0.0911. The van der Waals surface area contributed by atoms with Gasteiger partial charge in [0.1, 0.15) is 6.10 Å². The smallest absolute Gasteiger partial charge is 0.228 e. The Kier molecular flexibility index (Phi) is 5.58. The molecule has 0 amide bonds. The number of hydrogen-bond acceptors (Lipinski definition) is 5. The summed E-state index contributed by atoms with van der Waals surface area (Å²) < 4.78 is 10.5. The minimum Gasteiger partial charge on any atom is -0.373 e. The molecule has 0 saturated heterocycles. The van der Waals surface area contributed by atoms with E-state index < -0.39 is 0 Å². The Balaban J connectivity index is 2.64. The maximum atomic E-state index is 5.93. The second-order valence-corrected chi connectivity index (χ2v) is 4.70. The van der Waals surface area contributed by atoms with Gasteiger partial charge in [0.15, 0.2) is 0 Å². The lowest BCUT2D eigenvalue weighted by Gasteiger charge is -2.14. The molecule has 1 rings (SSSR count). The molecule has 5 nitrogen and oxygen atoms in total. The predicted molar refractivity (Wildman–Crippen MR) is 65.5 cm³/mol. The first-order chi connectivity index (χ1) is 8.08. The number of ether oxygens (including phenoxy) is 1. The number of methoxy groups -OCH3 is 1. The Hall–Kier alpha value is -0.940. The van der Waals surface area contributed by atoms with Gasteiger partial charge in [-0.3, -0.25) is 0 Å². The molecule has 2 atom stereocenters. The van der Waals surface area contributed by atoms with Crippen molar-refractivity contribution in [2.75, 3.05) is 7.11 Å². The summed E-state index contributed by atoms with van der Waals surface area (Å²) in [7, 11) is 1.66. The van der Waals surface area contributed by atoms with Crippen LogP contribution in [0.5, 0.6) is 0 Å². The van der Waals surface area contributed by atoms with Crippen LogP contribution in [0.25, 0.3) is 0 Å². The summed E-state index contributed by atoms with van der Waals surface area (Å²) >= 11 is 0. The zero-order valence-electron chi connectivity index (χ0n) is 11.1. The van der Waals surface area contributed by atoms with E-state index in [1.807, 2.05) is 0 Å². The first kappa shape index (κ1) is 14.1. The summed E-state index contributed by atoms with van der Waals surface area (Å²) in [5, 5.41) is 3.96. The van der Waals surface area contributed by atoms with E-state index in [1.165, 1.54) is 0 Å². The highest BCUT2D eigenvalue weighted by Crippen LogP contribution is 2.22. The van der Waals surface area contributed by atoms with Crippen molar-refractivity contribution in [3.05, 3.63) is 11.7 Å². The van der Waals surface area contributed by atoms with Gasteiger partial charge in [-0.05, 0) is 12.3 Å². The van der Waals surface area contributed by atoms with E-state index in [-0.39, 0.29) is 12.1 Å². The molecular formula is C12H23N3O2. The van der Waals surface area contributed by atoms with E-state index >= 15 is 0 Å². The van der Waals surface area contributed by atoms with Crippen LogP contribution in [0.4, 0.5) is 0 Å². The van der Waals surface area contributed by atoms with Gasteiger partial charge in [0.25, 0.3) is 0 Å². The lowest BCUT2D eigenvalue weighted by Crippen LogP contribution is -2.22. The Morgan fingerprint density at radius 2 is 2.12 bits per heavy atom. The van der Waals surface area contributed by atoms with E-state index in [0.29, 0.717) is 24.1 Å². The van der Waals surface area contributed by atoms with E-state index in [2.05, 4.69) is 30.9 Å². The van der Waals surface area contributed by atoms with Crippen molar-refractivity contribution in [1.29, 1.82) is 0 Å². The molecule has 0 saturated carbocycles. The maximum absolute atomic E-state index is 5.93. The molecule has 98 valence electrons. The number of nitrogens with two attached hydrogens (primary N) is 1. The molecule has 0 spiro atoms. The summed E-state index contributed by atoms with van der Waals surface area (Å²) in [6.07, 6.45) is 2.55. The molecule has 17 heavy (non-hydrogen) atoms.